The van der Waals surface area contributed by atoms with Gasteiger partial charge in [-0.3, -0.25) is 0 Å². The molecule has 3 nitrogen and oxygen atoms in total. The molecule has 96 valence electrons. The Bertz CT molecular complexity index is 678. The zero-order chi connectivity index (χ0) is 14.0. The van der Waals surface area contributed by atoms with E-state index in [9.17, 15) is 13.2 Å². The fraction of sp³-hybridized carbons (Fsp3) is 0. The highest BCUT2D eigenvalue weighted by Crippen LogP contribution is 2.25. The molecule has 2 aromatic rings. The van der Waals surface area contributed by atoms with E-state index in [0.29, 0.717) is 17.8 Å². The SMILES string of the molecule is N#Cc1ccc(Nc2cc(F)c(F)cc2F)cc1N. The number of nitrogen functional groups attached to an aromatic ring is 1. The summed E-state index contributed by atoms with van der Waals surface area (Å²) in [7, 11) is 0. The highest BCUT2D eigenvalue weighted by atomic mass is 19.2. The molecule has 0 saturated heterocycles. The molecule has 2 aromatic carbocycles. The number of rotatable bonds is 2. The summed E-state index contributed by atoms with van der Waals surface area (Å²) in [4.78, 5) is 0. The molecule has 0 aliphatic heterocycles. The third-order valence-electron chi connectivity index (χ3n) is 2.46. The molecule has 19 heavy (non-hydrogen) atoms. The van der Waals surface area contributed by atoms with Gasteiger partial charge in [0, 0.05) is 17.8 Å². The zero-order valence-corrected chi connectivity index (χ0v) is 9.55. The maximum Gasteiger partial charge on any atom is 0.161 e. The number of benzene rings is 2. The van der Waals surface area contributed by atoms with Crippen molar-refractivity contribution in [1.82, 2.24) is 0 Å². The van der Waals surface area contributed by atoms with E-state index in [1.165, 1.54) is 18.2 Å². The molecule has 0 fully saturated rings. The third kappa shape index (κ3) is 2.60. The molecule has 0 bridgehead atoms. The van der Waals surface area contributed by atoms with Gasteiger partial charge in [0.1, 0.15) is 11.9 Å². The highest BCUT2D eigenvalue weighted by molar-refractivity contribution is 5.68. The number of hydrogen-bond acceptors (Lipinski definition) is 3. The van der Waals surface area contributed by atoms with Gasteiger partial charge in [-0.25, -0.2) is 13.2 Å². The van der Waals surface area contributed by atoms with Gasteiger partial charge in [-0.05, 0) is 18.2 Å². The summed E-state index contributed by atoms with van der Waals surface area (Å²) in [5.41, 5.74) is 6.21. The normalized spacial score (nSPS) is 10.0. The Hall–Kier alpha value is -2.68. The van der Waals surface area contributed by atoms with Crippen LogP contribution < -0.4 is 11.1 Å². The molecule has 2 rings (SSSR count). The molecular formula is C13H8F3N3. The lowest BCUT2D eigenvalue weighted by Crippen LogP contribution is -1.98. The van der Waals surface area contributed by atoms with E-state index in [1.807, 2.05) is 6.07 Å². The van der Waals surface area contributed by atoms with E-state index in [-0.39, 0.29) is 16.9 Å². The Morgan fingerprint density at radius 1 is 1.00 bits per heavy atom. The number of nitrogens with two attached hydrogens (primary N) is 1. The van der Waals surface area contributed by atoms with Gasteiger partial charge in [0.15, 0.2) is 11.6 Å². The fourth-order valence-corrected chi connectivity index (χ4v) is 1.52. The number of anilines is 3. The van der Waals surface area contributed by atoms with Crippen molar-refractivity contribution in [3.05, 3.63) is 53.3 Å². The van der Waals surface area contributed by atoms with Gasteiger partial charge >= 0.3 is 0 Å². The lowest BCUT2D eigenvalue weighted by Gasteiger charge is -2.09. The fourth-order valence-electron chi connectivity index (χ4n) is 1.52. The van der Waals surface area contributed by atoms with Gasteiger partial charge in [0.2, 0.25) is 0 Å². The minimum atomic E-state index is -1.26. The highest BCUT2D eigenvalue weighted by Gasteiger charge is 2.10. The van der Waals surface area contributed by atoms with Crippen LogP contribution in [-0.4, -0.2) is 0 Å². The first-order valence-corrected chi connectivity index (χ1v) is 5.22. The molecule has 0 heterocycles. The van der Waals surface area contributed by atoms with Crippen LogP contribution in [-0.2, 0) is 0 Å². The van der Waals surface area contributed by atoms with Crippen LogP contribution >= 0.6 is 0 Å². The number of nitrogens with one attached hydrogen (secondary N) is 1. The average molecular weight is 263 g/mol. The van der Waals surface area contributed by atoms with Crippen molar-refractivity contribution in [3.63, 3.8) is 0 Å². The average Bonchev–Trinajstić information content (AvgIpc) is 2.36. The van der Waals surface area contributed by atoms with Crippen LogP contribution in [0.15, 0.2) is 30.3 Å². The van der Waals surface area contributed by atoms with Gasteiger partial charge < -0.3 is 11.1 Å². The Morgan fingerprint density at radius 3 is 2.32 bits per heavy atom. The molecule has 0 unspecified atom stereocenters. The Balaban J connectivity index is 2.34. The maximum atomic E-state index is 13.4. The van der Waals surface area contributed by atoms with Crippen molar-refractivity contribution in [2.24, 2.45) is 0 Å². The second kappa shape index (κ2) is 4.90. The number of halogens is 3. The Kier molecular flexibility index (Phi) is 3.29. The predicted octanol–water partition coefficient (Wildman–Crippen LogP) is 3.30. The number of hydrogen-bond donors (Lipinski definition) is 2. The van der Waals surface area contributed by atoms with E-state index in [4.69, 9.17) is 11.0 Å². The molecule has 0 atom stereocenters. The monoisotopic (exact) mass is 263 g/mol. The molecule has 0 radical (unpaired) electrons. The summed E-state index contributed by atoms with van der Waals surface area (Å²) in [6.07, 6.45) is 0. The molecule has 3 N–H and O–H groups in total. The summed E-state index contributed by atoms with van der Waals surface area (Å²) < 4.78 is 39.2. The lowest BCUT2D eigenvalue weighted by atomic mass is 10.1. The molecule has 6 heteroatoms. The van der Waals surface area contributed by atoms with E-state index < -0.39 is 17.5 Å². The molecule has 0 saturated carbocycles. The minimum Gasteiger partial charge on any atom is -0.398 e. The Morgan fingerprint density at radius 2 is 1.68 bits per heavy atom. The molecule has 0 aliphatic rings. The van der Waals surface area contributed by atoms with Crippen molar-refractivity contribution in [2.45, 2.75) is 0 Å². The van der Waals surface area contributed by atoms with Crippen molar-refractivity contribution < 1.29 is 13.2 Å². The van der Waals surface area contributed by atoms with E-state index >= 15 is 0 Å². The third-order valence-corrected chi connectivity index (χ3v) is 2.46. The van der Waals surface area contributed by atoms with Gasteiger partial charge in [0.25, 0.3) is 0 Å². The summed E-state index contributed by atoms with van der Waals surface area (Å²) in [5.74, 6) is -3.35. The first kappa shape index (κ1) is 12.8. The van der Waals surface area contributed by atoms with Crippen molar-refractivity contribution >= 4 is 17.1 Å². The lowest BCUT2D eigenvalue weighted by molar-refractivity contribution is 0.496. The van der Waals surface area contributed by atoms with Crippen LogP contribution in [0.5, 0.6) is 0 Å². The number of nitrogens with zero attached hydrogens (tertiary/aromatic N) is 1. The first-order chi connectivity index (χ1) is 9.01. The van der Waals surface area contributed by atoms with Gasteiger partial charge in [0.05, 0.1) is 16.9 Å². The second-order valence-corrected chi connectivity index (χ2v) is 3.78. The molecule has 0 aliphatic carbocycles. The molecular weight excluding hydrogens is 255 g/mol. The Labute approximate surface area is 107 Å². The van der Waals surface area contributed by atoms with E-state index in [2.05, 4.69) is 5.32 Å². The van der Waals surface area contributed by atoms with E-state index in [1.54, 1.807) is 0 Å². The largest absolute Gasteiger partial charge is 0.398 e. The predicted molar refractivity (Wildman–Crippen MR) is 65.2 cm³/mol. The summed E-state index contributed by atoms with van der Waals surface area (Å²) in [6.45, 7) is 0. The smallest absolute Gasteiger partial charge is 0.161 e. The van der Waals surface area contributed by atoms with Crippen LogP contribution in [0.2, 0.25) is 0 Å². The van der Waals surface area contributed by atoms with Crippen LogP contribution in [0.3, 0.4) is 0 Å². The summed E-state index contributed by atoms with van der Waals surface area (Å²) in [5, 5.41) is 11.3. The van der Waals surface area contributed by atoms with Gasteiger partial charge in [-0.15, -0.1) is 0 Å². The van der Waals surface area contributed by atoms with Crippen molar-refractivity contribution in [3.8, 4) is 6.07 Å². The maximum absolute atomic E-state index is 13.4. The minimum absolute atomic E-state index is 0.204. The second-order valence-electron chi connectivity index (χ2n) is 3.78. The molecule has 0 aromatic heterocycles. The van der Waals surface area contributed by atoms with E-state index in [0.717, 1.165) is 0 Å². The topological polar surface area (TPSA) is 61.8 Å². The summed E-state index contributed by atoms with van der Waals surface area (Å²) >= 11 is 0. The standard InChI is InChI=1S/C13H8F3N3/c14-9-4-11(16)13(5-10(9)15)19-8-2-1-7(6-17)12(18)3-8/h1-5,19H,18H2. The van der Waals surface area contributed by atoms with Crippen LogP contribution in [0, 0.1) is 28.8 Å². The quantitative estimate of drug-likeness (QED) is 0.645. The van der Waals surface area contributed by atoms with Crippen molar-refractivity contribution in [1.29, 1.82) is 5.26 Å². The van der Waals surface area contributed by atoms with Gasteiger partial charge in [-0.1, -0.05) is 0 Å². The first-order valence-electron chi connectivity index (χ1n) is 5.22. The van der Waals surface area contributed by atoms with Crippen molar-refractivity contribution in [2.75, 3.05) is 11.1 Å². The molecule has 0 amide bonds. The summed E-state index contributed by atoms with van der Waals surface area (Å²) in [6, 6.07) is 7.36. The zero-order valence-electron chi connectivity index (χ0n) is 9.55. The molecule has 0 spiro atoms. The van der Waals surface area contributed by atoms with Crippen LogP contribution in [0.25, 0.3) is 0 Å². The van der Waals surface area contributed by atoms with Crippen LogP contribution in [0.1, 0.15) is 5.56 Å². The van der Waals surface area contributed by atoms with Crippen LogP contribution in [0.4, 0.5) is 30.2 Å². The number of nitriles is 1. The van der Waals surface area contributed by atoms with Gasteiger partial charge in [-0.2, -0.15) is 5.26 Å².